The lowest BCUT2D eigenvalue weighted by molar-refractivity contribution is -0.128. The molecule has 0 spiro atoms. The molecule has 0 radical (unpaired) electrons. The predicted octanol–water partition coefficient (Wildman–Crippen LogP) is 1.98. The van der Waals surface area contributed by atoms with Crippen LogP contribution in [0.2, 0.25) is 0 Å². The third-order valence-electron chi connectivity index (χ3n) is 2.88. The zero-order chi connectivity index (χ0) is 11.3. The number of nitrogens with one attached hydrogen (secondary N) is 1. The monoisotopic (exact) mass is 212 g/mol. The lowest BCUT2D eigenvalue weighted by atomic mass is 10.1. The number of rotatable bonds is 6. The minimum atomic E-state index is 0.275. The highest BCUT2D eigenvalue weighted by atomic mass is 16.2. The standard InChI is InChI=1S/C12H24N2O/c1-4-5-6-7-14-11(8-10(2)3)13-9-12(14)15/h10-11,13H,4-9H2,1-3H3. The van der Waals surface area contributed by atoms with Crippen LogP contribution in [0.5, 0.6) is 0 Å². The maximum atomic E-state index is 11.6. The fourth-order valence-electron chi connectivity index (χ4n) is 2.06. The third kappa shape index (κ3) is 3.82. The van der Waals surface area contributed by atoms with Gasteiger partial charge in [-0.05, 0) is 18.8 Å². The molecule has 0 saturated carbocycles. The smallest absolute Gasteiger partial charge is 0.237 e. The Morgan fingerprint density at radius 1 is 1.47 bits per heavy atom. The zero-order valence-electron chi connectivity index (χ0n) is 10.3. The van der Waals surface area contributed by atoms with Crippen molar-refractivity contribution in [3.05, 3.63) is 0 Å². The first-order valence-corrected chi connectivity index (χ1v) is 6.18. The number of carbonyl (C=O) groups excluding carboxylic acids is 1. The number of nitrogens with zero attached hydrogens (tertiary/aromatic N) is 1. The molecule has 0 aromatic rings. The number of hydrogen-bond acceptors (Lipinski definition) is 2. The SMILES string of the molecule is CCCCCN1C(=O)CNC1CC(C)C. The summed E-state index contributed by atoms with van der Waals surface area (Å²) in [7, 11) is 0. The van der Waals surface area contributed by atoms with Gasteiger partial charge in [-0.15, -0.1) is 0 Å². The lowest BCUT2D eigenvalue weighted by Crippen LogP contribution is -2.38. The molecule has 88 valence electrons. The highest BCUT2D eigenvalue weighted by Crippen LogP contribution is 2.15. The van der Waals surface area contributed by atoms with Gasteiger partial charge in [0, 0.05) is 6.54 Å². The van der Waals surface area contributed by atoms with E-state index in [1.807, 2.05) is 4.90 Å². The van der Waals surface area contributed by atoms with Crippen molar-refractivity contribution < 1.29 is 4.79 Å². The van der Waals surface area contributed by atoms with Crippen LogP contribution in [0.15, 0.2) is 0 Å². The molecule has 15 heavy (non-hydrogen) atoms. The first-order valence-electron chi connectivity index (χ1n) is 6.18. The number of carbonyl (C=O) groups is 1. The fraction of sp³-hybridized carbons (Fsp3) is 0.917. The zero-order valence-corrected chi connectivity index (χ0v) is 10.3. The van der Waals surface area contributed by atoms with Crippen molar-refractivity contribution in [2.24, 2.45) is 5.92 Å². The Morgan fingerprint density at radius 3 is 2.80 bits per heavy atom. The number of hydrogen-bond donors (Lipinski definition) is 1. The minimum Gasteiger partial charge on any atom is -0.326 e. The Balaban J connectivity index is 2.38. The van der Waals surface area contributed by atoms with Crippen molar-refractivity contribution in [3.63, 3.8) is 0 Å². The van der Waals surface area contributed by atoms with Gasteiger partial charge in [-0.2, -0.15) is 0 Å². The molecule has 1 saturated heterocycles. The van der Waals surface area contributed by atoms with Crippen LogP contribution in [-0.4, -0.2) is 30.1 Å². The van der Waals surface area contributed by atoms with Crippen LogP contribution < -0.4 is 5.32 Å². The summed E-state index contributed by atoms with van der Waals surface area (Å²) in [6.45, 7) is 8.06. The van der Waals surface area contributed by atoms with Crippen LogP contribution in [0.1, 0.15) is 46.5 Å². The number of unbranched alkanes of at least 4 members (excludes halogenated alkanes) is 2. The fourth-order valence-corrected chi connectivity index (χ4v) is 2.06. The highest BCUT2D eigenvalue weighted by Gasteiger charge is 2.29. The molecule has 1 amide bonds. The second kappa shape index (κ2) is 6.11. The van der Waals surface area contributed by atoms with Gasteiger partial charge < -0.3 is 4.90 Å². The summed E-state index contributed by atoms with van der Waals surface area (Å²) in [6, 6.07) is 0. The summed E-state index contributed by atoms with van der Waals surface area (Å²) < 4.78 is 0. The molecule has 0 aliphatic carbocycles. The lowest BCUT2D eigenvalue weighted by Gasteiger charge is -2.25. The summed E-state index contributed by atoms with van der Waals surface area (Å²) in [4.78, 5) is 13.6. The minimum absolute atomic E-state index is 0.275. The van der Waals surface area contributed by atoms with E-state index in [0.29, 0.717) is 12.5 Å². The highest BCUT2D eigenvalue weighted by molar-refractivity contribution is 5.80. The molecule has 1 atom stereocenters. The molecule has 1 rings (SSSR count). The predicted molar refractivity (Wildman–Crippen MR) is 62.5 cm³/mol. The molecule has 1 unspecified atom stereocenters. The molecule has 0 aromatic heterocycles. The second-order valence-corrected chi connectivity index (χ2v) is 4.82. The molecule has 3 heteroatoms. The van der Waals surface area contributed by atoms with Gasteiger partial charge in [-0.1, -0.05) is 33.6 Å². The van der Waals surface area contributed by atoms with Gasteiger partial charge >= 0.3 is 0 Å². The molecule has 1 fully saturated rings. The van der Waals surface area contributed by atoms with Gasteiger partial charge in [-0.25, -0.2) is 0 Å². The van der Waals surface area contributed by atoms with Crippen LogP contribution in [0.4, 0.5) is 0 Å². The Morgan fingerprint density at radius 2 is 2.20 bits per heavy atom. The molecule has 1 heterocycles. The quantitative estimate of drug-likeness (QED) is 0.683. The molecule has 0 bridgehead atoms. The van der Waals surface area contributed by atoms with Crippen molar-refractivity contribution in [1.29, 1.82) is 0 Å². The summed E-state index contributed by atoms with van der Waals surface area (Å²) >= 11 is 0. The summed E-state index contributed by atoms with van der Waals surface area (Å²) in [5, 5.41) is 3.29. The molecule has 1 aliphatic rings. The molecule has 1 N–H and O–H groups in total. The van der Waals surface area contributed by atoms with E-state index in [1.165, 1.54) is 12.8 Å². The molecular formula is C12H24N2O. The van der Waals surface area contributed by atoms with Crippen molar-refractivity contribution >= 4 is 5.91 Å². The Bertz CT molecular complexity index is 204. The maximum Gasteiger partial charge on any atom is 0.237 e. The third-order valence-corrected chi connectivity index (χ3v) is 2.88. The number of amides is 1. The second-order valence-electron chi connectivity index (χ2n) is 4.82. The van der Waals surface area contributed by atoms with Gasteiger partial charge in [-0.3, -0.25) is 10.1 Å². The topological polar surface area (TPSA) is 32.3 Å². The average molecular weight is 212 g/mol. The van der Waals surface area contributed by atoms with Crippen LogP contribution in [0.25, 0.3) is 0 Å². The maximum absolute atomic E-state index is 11.6. The Hall–Kier alpha value is -0.570. The van der Waals surface area contributed by atoms with Crippen molar-refractivity contribution in [3.8, 4) is 0 Å². The van der Waals surface area contributed by atoms with Gasteiger partial charge in [0.15, 0.2) is 0 Å². The molecule has 3 nitrogen and oxygen atoms in total. The van der Waals surface area contributed by atoms with Crippen molar-refractivity contribution in [2.75, 3.05) is 13.1 Å². The summed E-state index contributed by atoms with van der Waals surface area (Å²) in [6.07, 6.45) is 4.92. The van der Waals surface area contributed by atoms with E-state index in [-0.39, 0.29) is 12.1 Å². The van der Waals surface area contributed by atoms with Crippen LogP contribution in [0.3, 0.4) is 0 Å². The van der Waals surface area contributed by atoms with Crippen LogP contribution in [-0.2, 0) is 4.79 Å². The van der Waals surface area contributed by atoms with E-state index >= 15 is 0 Å². The van der Waals surface area contributed by atoms with E-state index in [9.17, 15) is 4.79 Å². The van der Waals surface area contributed by atoms with E-state index in [1.54, 1.807) is 0 Å². The van der Waals surface area contributed by atoms with Crippen LogP contribution in [0, 0.1) is 5.92 Å². The van der Waals surface area contributed by atoms with Gasteiger partial charge in [0.25, 0.3) is 0 Å². The molecule has 1 aliphatic heterocycles. The van der Waals surface area contributed by atoms with Crippen molar-refractivity contribution in [1.82, 2.24) is 10.2 Å². The van der Waals surface area contributed by atoms with E-state index in [4.69, 9.17) is 0 Å². The largest absolute Gasteiger partial charge is 0.326 e. The normalized spacial score (nSPS) is 21.7. The van der Waals surface area contributed by atoms with Gasteiger partial charge in [0.1, 0.15) is 0 Å². The summed E-state index contributed by atoms with van der Waals surface area (Å²) in [5.74, 6) is 0.916. The average Bonchev–Trinajstić information content (AvgIpc) is 2.49. The first kappa shape index (κ1) is 12.5. The van der Waals surface area contributed by atoms with E-state index in [2.05, 4.69) is 26.1 Å². The van der Waals surface area contributed by atoms with E-state index < -0.39 is 0 Å². The van der Waals surface area contributed by atoms with E-state index in [0.717, 1.165) is 19.4 Å². The molecular weight excluding hydrogens is 188 g/mol. The van der Waals surface area contributed by atoms with Gasteiger partial charge in [0.2, 0.25) is 5.91 Å². The molecule has 0 aromatic carbocycles. The van der Waals surface area contributed by atoms with Gasteiger partial charge in [0.05, 0.1) is 12.7 Å². The Labute approximate surface area is 93.2 Å². The van der Waals surface area contributed by atoms with Crippen LogP contribution >= 0.6 is 0 Å². The van der Waals surface area contributed by atoms with Crippen molar-refractivity contribution in [2.45, 2.75) is 52.6 Å². The summed E-state index contributed by atoms with van der Waals surface area (Å²) in [5.41, 5.74) is 0. The first-order chi connectivity index (χ1) is 7.15. The Kier molecular flexibility index (Phi) is 5.09.